The fraction of sp³-hybridized carbons (Fsp3) is 0.214. The Balaban J connectivity index is 2.04. The van der Waals surface area contributed by atoms with Crippen molar-refractivity contribution < 1.29 is 5.11 Å². The lowest BCUT2D eigenvalue weighted by molar-refractivity contribution is 0.175. The van der Waals surface area contributed by atoms with Crippen molar-refractivity contribution in [2.24, 2.45) is 0 Å². The number of pyridine rings is 1. The number of anilines is 1. The summed E-state index contributed by atoms with van der Waals surface area (Å²) in [5, 5.41) is 10.7. The van der Waals surface area contributed by atoms with Gasteiger partial charge < -0.3 is 10.8 Å². The quantitative estimate of drug-likeness (QED) is 0.890. The van der Waals surface area contributed by atoms with E-state index in [-0.39, 0.29) is 0 Å². The minimum Gasteiger partial charge on any atom is -0.392 e. The van der Waals surface area contributed by atoms with Gasteiger partial charge in [-0.2, -0.15) is 0 Å². The van der Waals surface area contributed by atoms with Gasteiger partial charge in [0, 0.05) is 24.1 Å². The van der Waals surface area contributed by atoms with E-state index in [0.717, 1.165) is 11.1 Å². The van der Waals surface area contributed by atoms with E-state index in [1.807, 2.05) is 36.4 Å². The fourth-order valence-electron chi connectivity index (χ4n) is 1.87. The third-order valence-corrected chi connectivity index (χ3v) is 3.16. The van der Waals surface area contributed by atoms with Gasteiger partial charge >= 0.3 is 0 Å². The van der Waals surface area contributed by atoms with Gasteiger partial charge in [-0.15, -0.1) is 0 Å². The first-order chi connectivity index (χ1) is 8.66. The van der Waals surface area contributed by atoms with Crippen LogP contribution in [0.2, 0.25) is 5.02 Å². The van der Waals surface area contributed by atoms with E-state index in [4.69, 9.17) is 17.3 Å². The number of aliphatic hydroxyl groups excluding tert-OH is 1. The van der Waals surface area contributed by atoms with E-state index < -0.39 is 6.10 Å². The van der Waals surface area contributed by atoms with E-state index in [1.165, 1.54) is 0 Å². The zero-order chi connectivity index (χ0) is 13.0. The van der Waals surface area contributed by atoms with E-state index in [9.17, 15) is 5.11 Å². The normalized spacial score (nSPS) is 12.3. The molecule has 0 saturated heterocycles. The van der Waals surface area contributed by atoms with Gasteiger partial charge in [0.05, 0.1) is 6.10 Å². The minimum atomic E-state index is -0.517. The summed E-state index contributed by atoms with van der Waals surface area (Å²) in [4.78, 5) is 4.00. The van der Waals surface area contributed by atoms with E-state index in [0.29, 0.717) is 23.7 Å². The number of nitrogen functional groups attached to an aromatic ring is 1. The molecule has 0 amide bonds. The van der Waals surface area contributed by atoms with Crippen molar-refractivity contribution >= 4 is 17.4 Å². The van der Waals surface area contributed by atoms with Gasteiger partial charge in [-0.3, -0.25) is 0 Å². The molecule has 2 rings (SSSR count). The Labute approximate surface area is 111 Å². The molecule has 4 heteroatoms. The topological polar surface area (TPSA) is 59.1 Å². The molecule has 0 bridgehead atoms. The van der Waals surface area contributed by atoms with Crippen LogP contribution in [0, 0.1) is 0 Å². The summed E-state index contributed by atoms with van der Waals surface area (Å²) in [5.74, 6) is 0.468. The lowest BCUT2D eigenvalue weighted by atomic mass is 10.0. The number of nitrogens with two attached hydrogens (primary N) is 1. The standard InChI is InChI=1S/C14H15ClN2O/c15-13-6-2-1-4-10(13)8-12(18)9-11-5-3-7-17-14(11)16/h1-7,12,18H,8-9H2,(H2,16,17). The molecule has 94 valence electrons. The number of hydrogen-bond donors (Lipinski definition) is 2. The van der Waals surface area contributed by atoms with Gasteiger partial charge in [0.15, 0.2) is 0 Å². The Morgan fingerprint density at radius 2 is 1.78 bits per heavy atom. The maximum atomic E-state index is 10.1. The highest BCUT2D eigenvalue weighted by Crippen LogP contribution is 2.19. The van der Waals surface area contributed by atoms with Crippen molar-refractivity contribution in [3.63, 3.8) is 0 Å². The first kappa shape index (κ1) is 12.9. The van der Waals surface area contributed by atoms with Crippen molar-refractivity contribution in [2.45, 2.75) is 18.9 Å². The first-order valence-electron chi connectivity index (χ1n) is 5.77. The smallest absolute Gasteiger partial charge is 0.126 e. The minimum absolute atomic E-state index is 0.468. The maximum Gasteiger partial charge on any atom is 0.126 e. The molecule has 2 aromatic rings. The predicted molar refractivity (Wildman–Crippen MR) is 73.5 cm³/mol. The van der Waals surface area contributed by atoms with Gasteiger partial charge in [0.2, 0.25) is 0 Å². The Bertz CT molecular complexity index is 483. The lowest BCUT2D eigenvalue weighted by Gasteiger charge is -2.12. The van der Waals surface area contributed by atoms with Crippen LogP contribution >= 0.6 is 11.6 Å². The van der Waals surface area contributed by atoms with E-state index in [2.05, 4.69) is 4.98 Å². The second kappa shape index (κ2) is 5.85. The monoisotopic (exact) mass is 262 g/mol. The molecule has 1 atom stereocenters. The molecule has 0 aliphatic rings. The Kier molecular flexibility index (Phi) is 4.18. The molecule has 0 aliphatic carbocycles. The van der Waals surface area contributed by atoms with Crippen molar-refractivity contribution in [3.05, 3.63) is 58.7 Å². The molecule has 1 heterocycles. The molecule has 1 aromatic heterocycles. The highest BCUT2D eigenvalue weighted by molar-refractivity contribution is 6.31. The summed E-state index contributed by atoms with van der Waals surface area (Å²) in [6.45, 7) is 0. The molecule has 0 fully saturated rings. The Morgan fingerprint density at radius 3 is 2.50 bits per heavy atom. The van der Waals surface area contributed by atoms with Crippen molar-refractivity contribution in [1.82, 2.24) is 4.98 Å². The molecule has 1 unspecified atom stereocenters. The molecule has 3 N–H and O–H groups in total. The number of halogens is 1. The highest BCUT2D eigenvalue weighted by atomic mass is 35.5. The summed E-state index contributed by atoms with van der Waals surface area (Å²) in [6.07, 6.45) is 2.11. The summed E-state index contributed by atoms with van der Waals surface area (Å²) in [6, 6.07) is 11.2. The van der Waals surface area contributed by atoms with Crippen molar-refractivity contribution in [1.29, 1.82) is 0 Å². The van der Waals surface area contributed by atoms with Crippen LogP contribution < -0.4 is 5.73 Å². The first-order valence-corrected chi connectivity index (χ1v) is 6.15. The van der Waals surface area contributed by atoms with Gasteiger partial charge in [0.25, 0.3) is 0 Å². The SMILES string of the molecule is Nc1ncccc1CC(O)Cc1ccccc1Cl. The van der Waals surface area contributed by atoms with E-state index >= 15 is 0 Å². The van der Waals surface area contributed by atoms with E-state index in [1.54, 1.807) is 6.20 Å². The summed E-state index contributed by atoms with van der Waals surface area (Å²) < 4.78 is 0. The molecule has 18 heavy (non-hydrogen) atoms. The van der Waals surface area contributed by atoms with Crippen molar-refractivity contribution in [2.75, 3.05) is 5.73 Å². The third-order valence-electron chi connectivity index (χ3n) is 2.80. The molecule has 0 radical (unpaired) electrons. The zero-order valence-corrected chi connectivity index (χ0v) is 10.6. The van der Waals surface area contributed by atoms with Crippen LogP contribution in [-0.4, -0.2) is 16.2 Å². The highest BCUT2D eigenvalue weighted by Gasteiger charge is 2.11. The predicted octanol–water partition coefficient (Wildman–Crippen LogP) is 2.46. The van der Waals surface area contributed by atoms with Crippen LogP contribution in [0.4, 0.5) is 5.82 Å². The van der Waals surface area contributed by atoms with Crippen LogP contribution in [0.25, 0.3) is 0 Å². The Hall–Kier alpha value is -1.58. The molecule has 1 aromatic carbocycles. The number of aliphatic hydroxyl groups is 1. The van der Waals surface area contributed by atoms with Crippen LogP contribution in [0.1, 0.15) is 11.1 Å². The zero-order valence-electron chi connectivity index (χ0n) is 9.88. The summed E-state index contributed by atoms with van der Waals surface area (Å²) >= 11 is 6.05. The average molecular weight is 263 g/mol. The van der Waals surface area contributed by atoms with Gasteiger partial charge in [-0.05, 0) is 23.3 Å². The summed E-state index contributed by atoms with van der Waals surface area (Å²) in [5.41, 5.74) is 7.54. The Morgan fingerprint density at radius 1 is 1.11 bits per heavy atom. The van der Waals surface area contributed by atoms with Crippen molar-refractivity contribution in [3.8, 4) is 0 Å². The molecular weight excluding hydrogens is 248 g/mol. The third kappa shape index (κ3) is 3.22. The molecule has 0 spiro atoms. The molecule has 3 nitrogen and oxygen atoms in total. The number of benzene rings is 1. The van der Waals surface area contributed by atoms with Crippen LogP contribution in [0.15, 0.2) is 42.6 Å². The largest absolute Gasteiger partial charge is 0.392 e. The average Bonchev–Trinajstić information content (AvgIpc) is 2.35. The lowest BCUT2D eigenvalue weighted by Crippen LogP contribution is -2.15. The molecular formula is C14H15ClN2O. The second-order valence-electron chi connectivity index (χ2n) is 4.20. The number of rotatable bonds is 4. The summed E-state index contributed by atoms with van der Waals surface area (Å²) in [7, 11) is 0. The second-order valence-corrected chi connectivity index (χ2v) is 4.61. The van der Waals surface area contributed by atoms with Gasteiger partial charge in [0.1, 0.15) is 5.82 Å². The molecule has 0 aliphatic heterocycles. The number of nitrogens with zero attached hydrogens (tertiary/aromatic N) is 1. The maximum absolute atomic E-state index is 10.1. The number of hydrogen-bond acceptors (Lipinski definition) is 3. The van der Waals surface area contributed by atoms with Crippen LogP contribution in [0.3, 0.4) is 0 Å². The van der Waals surface area contributed by atoms with Gasteiger partial charge in [-0.1, -0.05) is 35.9 Å². The molecule has 0 saturated carbocycles. The number of aromatic nitrogens is 1. The fourth-order valence-corrected chi connectivity index (χ4v) is 2.08. The van der Waals surface area contributed by atoms with Crippen LogP contribution in [0.5, 0.6) is 0 Å². The van der Waals surface area contributed by atoms with Gasteiger partial charge in [-0.25, -0.2) is 4.98 Å². The van der Waals surface area contributed by atoms with Crippen LogP contribution in [-0.2, 0) is 12.8 Å².